The van der Waals surface area contributed by atoms with Crippen LogP contribution < -0.4 is 5.14 Å². The van der Waals surface area contributed by atoms with Crippen molar-refractivity contribution in [3.05, 3.63) is 0 Å². The minimum Gasteiger partial charge on any atom is -0.228 e. The van der Waals surface area contributed by atoms with Gasteiger partial charge in [0.1, 0.15) is 0 Å². The molecule has 0 aromatic heterocycles. The lowest BCUT2D eigenvalue weighted by atomic mass is 10.6. The average molecular weight is 229 g/mol. The minimum absolute atomic E-state index is 0.00116. The van der Waals surface area contributed by atoms with Gasteiger partial charge in [-0.25, -0.2) is 22.0 Å². The van der Waals surface area contributed by atoms with Gasteiger partial charge in [-0.3, -0.25) is 0 Å². The predicted octanol–water partition coefficient (Wildman–Crippen LogP) is -0.164. The molecule has 5 nitrogen and oxygen atoms in total. The Balaban J connectivity index is 5.02. The maximum Gasteiger partial charge on any atom is 0.226 e. The van der Waals surface area contributed by atoms with Gasteiger partial charge >= 0.3 is 0 Å². The lowest BCUT2D eigenvalue weighted by Crippen LogP contribution is -2.36. The van der Waals surface area contributed by atoms with Crippen LogP contribution in [0.25, 0.3) is 0 Å². The van der Waals surface area contributed by atoms with Crippen molar-refractivity contribution < 1.29 is 16.8 Å². The van der Waals surface area contributed by atoms with E-state index in [1.54, 1.807) is 6.92 Å². The van der Waals surface area contributed by atoms with E-state index in [4.69, 9.17) is 5.14 Å². The van der Waals surface area contributed by atoms with Crippen molar-refractivity contribution in [2.45, 2.75) is 31.3 Å². The quantitative estimate of drug-likeness (QED) is 0.708. The van der Waals surface area contributed by atoms with Gasteiger partial charge in [0.15, 0.2) is 14.4 Å². The largest absolute Gasteiger partial charge is 0.228 e. The molecule has 0 fully saturated rings. The van der Waals surface area contributed by atoms with E-state index in [0.717, 1.165) is 0 Å². The zero-order chi connectivity index (χ0) is 10.7. The number of sulfonamides is 1. The zero-order valence-electron chi connectivity index (χ0n) is 7.73. The highest BCUT2D eigenvalue weighted by Crippen LogP contribution is 2.12. The first-order valence-corrected chi connectivity index (χ1v) is 7.31. The standard InChI is InChI=1S/C6H15NO4S2/c1-3-5-12(8,9)6(4-2)13(7,10)11/h6H,3-5H2,1-2H3,(H2,7,10,11). The van der Waals surface area contributed by atoms with E-state index in [0.29, 0.717) is 6.42 Å². The monoisotopic (exact) mass is 229 g/mol. The molecule has 0 aliphatic carbocycles. The Hall–Kier alpha value is -0.140. The van der Waals surface area contributed by atoms with Crippen LogP contribution in [0, 0.1) is 0 Å². The van der Waals surface area contributed by atoms with Crippen molar-refractivity contribution in [3.8, 4) is 0 Å². The average Bonchev–Trinajstić information content (AvgIpc) is 1.83. The van der Waals surface area contributed by atoms with Crippen molar-refractivity contribution in [2.24, 2.45) is 5.14 Å². The second kappa shape index (κ2) is 4.39. The lowest BCUT2D eigenvalue weighted by molar-refractivity contribution is 0.572. The van der Waals surface area contributed by atoms with Crippen LogP contribution in [0.2, 0.25) is 0 Å². The topological polar surface area (TPSA) is 94.3 Å². The van der Waals surface area contributed by atoms with Gasteiger partial charge in [-0.15, -0.1) is 0 Å². The highest BCUT2D eigenvalue weighted by atomic mass is 32.3. The number of primary sulfonamides is 1. The van der Waals surface area contributed by atoms with Gasteiger partial charge < -0.3 is 0 Å². The van der Waals surface area contributed by atoms with Crippen LogP contribution in [0.15, 0.2) is 0 Å². The smallest absolute Gasteiger partial charge is 0.226 e. The molecule has 0 radical (unpaired) electrons. The van der Waals surface area contributed by atoms with Gasteiger partial charge in [0.2, 0.25) is 10.0 Å². The summed E-state index contributed by atoms with van der Waals surface area (Å²) < 4.78 is 43.0. The summed E-state index contributed by atoms with van der Waals surface area (Å²) in [5.41, 5.74) is 0. The molecule has 0 rings (SSSR count). The molecule has 0 aliphatic heterocycles. The molecule has 1 atom stereocenters. The third kappa shape index (κ3) is 3.61. The summed E-state index contributed by atoms with van der Waals surface area (Å²) in [6, 6.07) is 0. The first-order chi connectivity index (χ1) is 5.75. The first-order valence-electron chi connectivity index (χ1n) is 3.98. The van der Waals surface area contributed by atoms with Gasteiger partial charge in [-0.05, 0) is 12.8 Å². The molecule has 2 N–H and O–H groups in total. The van der Waals surface area contributed by atoms with Gasteiger partial charge in [-0.2, -0.15) is 0 Å². The summed E-state index contributed by atoms with van der Waals surface area (Å²) in [7, 11) is -7.58. The molecule has 0 amide bonds. The molecule has 0 aromatic carbocycles. The second-order valence-electron chi connectivity index (χ2n) is 2.79. The fourth-order valence-corrected chi connectivity index (χ4v) is 4.83. The van der Waals surface area contributed by atoms with E-state index < -0.39 is 24.4 Å². The van der Waals surface area contributed by atoms with E-state index in [1.807, 2.05) is 0 Å². The number of sulfone groups is 1. The molecule has 0 saturated heterocycles. The number of rotatable bonds is 5. The maximum absolute atomic E-state index is 11.3. The van der Waals surface area contributed by atoms with Crippen LogP contribution in [-0.4, -0.2) is 27.2 Å². The van der Waals surface area contributed by atoms with Crippen LogP contribution in [0.4, 0.5) is 0 Å². The summed E-state index contributed by atoms with van der Waals surface area (Å²) in [6.45, 7) is 3.16. The molecule has 0 saturated carbocycles. The van der Waals surface area contributed by atoms with E-state index in [2.05, 4.69) is 0 Å². The highest BCUT2D eigenvalue weighted by Gasteiger charge is 2.32. The van der Waals surface area contributed by atoms with Crippen LogP contribution in [0.1, 0.15) is 26.7 Å². The first kappa shape index (κ1) is 12.9. The summed E-state index contributed by atoms with van der Waals surface area (Å²) in [5, 5.41) is 4.80. The van der Waals surface area contributed by atoms with Crippen LogP contribution in [0.5, 0.6) is 0 Å². The number of hydrogen-bond donors (Lipinski definition) is 1. The Morgan fingerprint density at radius 1 is 1.15 bits per heavy atom. The van der Waals surface area contributed by atoms with E-state index >= 15 is 0 Å². The van der Waals surface area contributed by atoms with E-state index in [-0.39, 0.29) is 12.2 Å². The zero-order valence-corrected chi connectivity index (χ0v) is 9.36. The molecule has 0 aliphatic rings. The predicted molar refractivity (Wildman–Crippen MR) is 51.3 cm³/mol. The van der Waals surface area contributed by atoms with Crippen molar-refractivity contribution in [3.63, 3.8) is 0 Å². The molecule has 0 aromatic rings. The van der Waals surface area contributed by atoms with Gasteiger partial charge in [-0.1, -0.05) is 13.8 Å². The molecular formula is C6H15NO4S2. The Morgan fingerprint density at radius 3 is 1.85 bits per heavy atom. The Bertz CT molecular complexity index is 343. The SMILES string of the molecule is CCCS(=O)(=O)C(CC)S(N)(=O)=O. The van der Waals surface area contributed by atoms with Crippen LogP contribution in [0.3, 0.4) is 0 Å². The fraction of sp³-hybridized carbons (Fsp3) is 1.00. The van der Waals surface area contributed by atoms with Crippen molar-refractivity contribution in [2.75, 3.05) is 5.75 Å². The van der Waals surface area contributed by atoms with Gasteiger partial charge in [0.25, 0.3) is 0 Å². The molecule has 0 bridgehead atoms. The van der Waals surface area contributed by atoms with Crippen molar-refractivity contribution >= 4 is 19.9 Å². The normalized spacial score (nSPS) is 15.6. The third-order valence-electron chi connectivity index (χ3n) is 1.59. The molecule has 1 unspecified atom stereocenters. The number of nitrogens with two attached hydrogens (primary N) is 1. The maximum atomic E-state index is 11.3. The molecule has 0 spiro atoms. The Kier molecular flexibility index (Phi) is 4.34. The third-order valence-corrected chi connectivity index (χ3v) is 6.45. The summed E-state index contributed by atoms with van der Waals surface area (Å²) in [5.74, 6) is -0.137. The summed E-state index contributed by atoms with van der Waals surface area (Å²) in [6.07, 6.45) is 0.398. The molecule has 7 heteroatoms. The van der Waals surface area contributed by atoms with E-state index in [9.17, 15) is 16.8 Å². The minimum atomic E-state index is -3.98. The molecular weight excluding hydrogens is 214 g/mol. The Labute approximate surface area is 79.3 Å². The fourth-order valence-electron chi connectivity index (χ4n) is 1.11. The molecule has 13 heavy (non-hydrogen) atoms. The van der Waals surface area contributed by atoms with Crippen molar-refractivity contribution in [1.29, 1.82) is 0 Å². The second-order valence-corrected chi connectivity index (χ2v) is 7.14. The molecule has 80 valence electrons. The van der Waals surface area contributed by atoms with Gasteiger partial charge in [0, 0.05) is 0 Å². The van der Waals surface area contributed by atoms with Crippen molar-refractivity contribution in [1.82, 2.24) is 0 Å². The lowest BCUT2D eigenvalue weighted by Gasteiger charge is -2.12. The number of hydrogen-bond acceptors (Lipinski definition) is 4. The van der Waals surface area contributed by atoms with Crippen LogP contribution >= 0.6 is 0 Å². The Morgan fingerprint density at radius 2 is 1.62 bits per heavy atom. The summed E-state index contributed by atoms with van der Waals surface area (Å²) >= 11 is 0. The molecule has 0 heterocycles. The highest BCUT2D eigenvalue weighted by molar-refractivity contribution is 8.08. The van der Waals surface area contributed by atoms with Crippen LogP contribution in [-0.2, 0) is 19.9 Å². The summed E-state index contributed by atoms with van der Waals surface area (Å²) in [4.78, 5) is 0. The van der Waals surface area contributed by atoms with E-state index in [1.165, 1.54) is 6.92 Å². The van der Waals surface area contributed by atoms with Gasteiger partial charge in [0.05, 0.1) is 5.75 Å².